The summed E-state index contributed by atoms with van der Waals surface area (Å²) in [7, 11) is 0. The Morgan fingerprint density at radius 2 is 1.96 bits per heavy atom. The fourth-order valence-corrected chi connectivity index (χ4v) is 3.85. The van der Waals surface area contributed by atoms with Crippen molar-refractivity contribution in [3.63, 3.8) is 0 Å². The number of amides is 1. The number of benzene rings is 1. The third-order valence-corrected chi connectivity index (χ3v) is 5.46. The van der Waals surface area contributed by atoms with E-state index in [0.717, 1.165) is 21.6 Å². The van der Waals surface area contributed by atoms with E-state index < -0.39 is 0 Å². The van der Waals surface area contributed by atoms with Crippen molar-refractivity contribution in [2.75, 3.05) is 5.32 Å². The first-order valence-electron chi connectivity index (χ1n) is 8.63. The van der Waals surface area contributed by atoms with Gasteiger partial charge in [-0.05, 0) is 32.0 Å². The molecule has 0 atom stereocenters. The number of carbonyl (C=O) groups is 1. The molecule has 0 fully saturated rings. The molecule has 1 aromatic carbocycles. The van der Waals surface area contributed by atoms with Crippen LogP contribution in [-0.2, 0) is 0 Å². The van der Waals surface area contributed by atoms with Crippen LogP contribution in [0.1, 0.15) is 21.7 Å². The quantitative estimate of drug-likeness (QED) is 0.511. The summed E-state index contributed by atoms with van der Waals surface area (Å²) in [5.74, 6) is 0.628. The summed E-state index contributed by atoms with van der Waals surface area (Å²) < 4.78 is 3.36. The minimum absolute atomic E-state index is 0.274. The van der Waals surface area contributed by atoms with Crippen molar-refractivity contribution < 1.29 is 4.79 Å². The molecule has 0 unspecified atom stereocenters. The maximum absolute atomic E-state index is 12.7. The van der Waals surface area contributed by atoms with Crippen LogP contribution in [0.15, 0.2) is 48.0 Å². The molecule has 0 aliphatic rings. The number of hydrogen-bond donors (Lipinski definition) is 1. The second-order valence-corrected chi connectivity index (χ2v) is 7.22. The normalized spacial score (nSPS) is 11.4. The molecule has 0 saturated carbocycles. The Labute approximate surface area is 163 Å². The van der Waals surface area contributed by atoms with E-state index in [-0.39, 0.29) is 11.9 Å². The lowest BCUT2D eigenvalue weighted by atomic mass is 10.2. The number of carbonyl (C=O) groups excluding carboxylic acids is 1. The number of rotatable bonds is 3. The van der Waals surface area contributed by atoms with Gasteiger partial charge in [0.1, 0.15) is 0 Å². The number of hydrogen-bond acceptors (Lipinski definition) is 6. The molecule has 1 N–H and O–H groups in total. The molecule has 28 heavy (non-hydrogen) atoms. The van der Waals surface area contributed by atoms with Crippen molar-refractivity contribution in [3.05, 3.63) is 64.9 Å². The summed E-state index contributed by atoms with van der Waals surface area (Å²) in [4.78, 5) is 22.4. The predicted molar refractivity (Wildman–Crippen MR) is 107 cm³/mol. The zero-order valence-corrected chi connectivity index (χ0v) is 15.9. The van der Waals surface area contributed by atoms with Gasteiger partial charge in [-0.3, -0.25) is 10.1 Å². The summed E-state index contributed by atoms with van der Waals surface area (Å²) >= 11 is 1.48. The average Bonchev–Trinajstić information content (AvgIpc) is 3.37. The van der Waals surface area contributed by atoms with Crippen LogP contribution in [0, 0.1) is 13.8 Å². The monoisotopic (exact) mass is 389 g/mol. The highest BCUT2D eigenvalue weighted by atomic mass is 32.1. The summed E-state index contributed by atoms with van der Waals surface area (Å²) in [6.07, 6.45) is 1.53. The Morgan fingerprint density at radius 3 is 2.82 bits per heavy atom. The summed E-state index contributed by atoms with van der Waals surface area (Å²) in [5.41, 5.74) is 2.99. The first-order valence-corrected chi connectivity index (χ1v) is 9.51. The zero-order valence-electron chi connectivity index (χ0n) is 15.1. The second kappa shape index (κ2) is 6.24. The maximum atomic E-state index is 12.7. The Hall–Kier alpha value is -3.59. The highest BCUT2D eigenvalue weighted by molar-refractivity contribution is 7.15. The fourth-order valence-electron chi connectivity index (χ4n) is 3.05. The van der Waals surface area contributed by atoms with Crippen LogP contribution in [0.3, 0.4) is 0 Å². The van der Waals surface area contributed by atoms with E-state index in [9.17, 15) is 4.79 Å². The van der Waals surface area contributed by atoms with Gasteiger partial charge >= 0.3 is 0 Å². The SMILES string of the molecule is Cc1c(C(=O)Nc2nc3scc(C)n3n2)cnn1-c1ccc2ccccc2n1. The lowest BCUT2D eigenvalue weighted by molar-refractivity contribution is 0.102. The van der Waals surface area contributed by atoms with Crippen LogP contribution in [-0.4, -0.2) is 35.3 Å². The van der Waals surface area contributed by atoms with Gasteiger partial charge in [0.05, 0.1) is 28.7 Å². The molecule has 1 amide bonds. The van der Waals surface area contributed by atoms with Crippen LogP contribution < -0.4 is 5.32 Å². The number of pyridine rings is 1. The van der Waals surface area contributed by atoms with Gasteiger partial charge in [-0.25, -0.2) is 14.2 Å². The Balaban J connectivity index is 1.45. The van der Waals surface area contributed by atoms with Gasteiger partial charge in [0.2, 0.25) is 4.96 Å². The number of para-hydroxylation sites is 1. The van der Waals surface area contributed by atoms with E-state index in [0.29, 0.717) is 17.1 Å². The Morgan fingerprint density at radius 1 is 1.11 bits per heavy atom. The van der Waals surface area contributed by atoms with E-state index in [2.05, 4.69) is 25.5 Å². The van der Waals surface area contributed by atoms with Crippen molar-refractivity contribution in [2.24, 2.45) is 0 Å². The van der Waals surface area contributed by atoms with Gasteiger partial charge in [0.25, 0.3) is 11.9 Å². The first kappa shape index (κ1) is 16.6. The number of anilines is 1. The van der Waals surface area contributed by atoms with Gasteiger partial charge in [0.15, 0.2) is 5.82 Å². The maximum Gasteiger partial charge on any atom is 0.261 e. The summed E-state index contributed by atoms with van der Waals surface area (Å²) in [5, 5.41) is 14.4. The summed E-state index contributed by atoms with van der Waals surface area (Å²) in [6, 6.07) is 11.7. The van der Waals surface area contributed by atoms with Crippen molar-refractivity contribution in [2.45, 2.75) is 13.8 Å². The lowest BCUT2D eigenvalue weighted by Gasteiger charge is -2.06. The number of aromatic nitrogens is 6. The zero-order chi connectivity index (χ0) is 19.3. The van der Waals surface area contributed by atoms with Crippen LogP contribution in [0.5, 0.6) is 0 Å². The molecule has 9 heteroatoms. The van der Waals surface area contributed by atoms with Gasteiger partial charge in [-0.1, -0.05) is 18.2 Å². The van der Waals surface area contributed by atoms with E-state index >= 15 is 0 Å². The molecule has 5 rings (SSSR count). The van der Waals surface area contributed by atoms with Gasteiger partial charge in [-0.2, -0.15) is 10.1 Å². The van der Waals surface area contributed by atoms with E-state index in [1.54, 1.807) is 9.20 Å². The molecular weight excluding hydrogens is 374 g/mol. The van der Waals surface area contributed by atoms with Gasteiger partial charge < -0.3 is 0 Å². The third kappa shape index (κ3) is 2.64. The Kier molecular flexibility index (Phi) is 3.69. The lowest BCUT2D eigenvalue weighted by Crippen LogP contribution is -2.14. The van der Waals surface area contributed by atoms with Crippen LogP contribution >= 0.6 is 11.3 Å². The molecule has 0 spiro atoms. The predicted octanol–water partition coefficient (Wildman–Crippen LogP) is 3.39. The molecule has 0 bridgehead atoms. The van der Waals surface area contributed by atoms with Crippen LogP contribution in [0.25, 0.3) is 21.7 Å². The van der Waals surface area contributed by atoms with E-state index in [1.807, 2.05) is 55.6 Å². The third-order valence-electron chi connectivity index (χ3n) is 4.53. The molecule has 0 radical (unpaired) electrons. The number of nitrogens with zero attached hydrogens (tertiary/aromatic N) is 6. The molecule has 0 aliphatic heterocycles. The molecule has 5 aromatic rings. The van der Waals surface area contributed by atoms with Gasteiger partial charge in [0, 0.05) is 10.8 Å². The van der Waals surface area contributed by atoms with Crippen molar-refractivity contribution in [1.29, 1.82) is 0 Å². The van der Waals surface area contributed by atoms with Gasteiger partial charge in [-0.15, -0.1) is 16.4 Å². The smallest absolute Gasteiger partial charge is 0.261 e. The molecular formula is C19H15N7OS. The molecule has 0 aliphatic carbocycles. The largest absolute Gasteiger partial charge is 0.289 e. The summed E-state index contributed by atoms with van der Waals surface area (Å²) in [6.45, 7) is 3.77. The molecule has 138 valence electrons. The molecule has 8 nitrogen and oxygen atoms in total. The number of aryl methyl sites for hydroxylation is 1. The number of thiazole rings is 1. The standard InChI is InChI=1S/C19H15N7OS/c1-11-10-28-19-23-18(24-25(11)19)22-17(27)14-9-20-26(12(14)2)16-8-7-13-5-3-4-6-15(13)21-16/h3-10H,1-2H3,(H,22,24,27). The van der Waals surface area contributed by atoms with E-state index in [1.165, 1.54) is 17.5 Å². The van der Waals surface area contributed by atoms with Crippen LogP contribution in [0.4, 0.5) is 5.95 Å². The Bertz CT molecular complexity index is 1350. The first-order chi connectivity index (χ1) is 13.6. The topological polar surface area (TPSA) is 90.0 Å². The minimum atomic E-state index is -0.305. The molecule has 4 aromatic heterocycles. The van der Waals surface area contributed by atoms with Crippen molar-refractivity contribution in [1.82, 2.24) is 29.4 Å². The second-order valence-electron chi connectivity index (χ2n) is 6.38. The van der Waals surface area contributed by atoms with Crippen LogP contribution in [0.2, 0.25) is 0 Å². The van der Waals surface area contributed by atoms with Crippen molar-refractivity contribution >= 4 is 39.1 Å². The molecule has 0 saturated heterocycles. The fraction of sp³-hybridized carbons (Fsp3) is 0.105. The van der Waals surface area contributed by atoms with Crippen molar-refractivity contribution in [3.8, 4) is 5.82 Å². The van der Waals surface area contributed by atoms with E-state index in [4.69, 9.17) is 0 Å². The minimum Gasteiger partial charge on any atom is -0.289 e. The number of nitrogens with one attached hydrogen (secondary N) is 1. The highest BCUT2D eigenvalue weighted by Gasteiger charge is 2.18. The highest BCUT2D eigenvalue weighted by Crippen LogP contribution is 2.19. The molecule has 4 heterocycles. The number of fused-ring (bicyclic) bond motifs is 2. The average molecular weight is 389 g/mol.